The van der Waals surface area contributed by atoms with E-state index in [4.69, 9.17) is 5.11 Å². The number of nitrogens with zero attached hydrogens (tertiary/aromatic N) is 2. The van der Waals surface area contributed by atoms with E-state index in [-0.39, 0.29) is 26.2 Å². The number of carboxylic acid groups (broad SMARTS) is 1. The maximum atomic E-state index is 11.8. The molecule has 116 valence electrons. The smallest absolute Gasteiger partial charge is 0.328 e. The molecule has 2 atom stereocenters. The molecule has 0 aromatic rings. The van der Waals surface area contributed by atoms with E-state index in [1.54, 1.807) is 0 Å². The van der Waals surface area contributed by atoms with Crippen molar-refractivity contribution in [2.45, 2.75) is 19.1 Å². The Balaban J connectivity index is 2.57. The van der Waals surface area contributed by atoms with E-state index in [0.29, 0.717) is 0 Å². The van der Waals surface area contributed by atoms with Crippen LogP contribution in [-0.2, 0) is 14.8 Å². The molecule has 2 unspecified atom stereocenters. The van der Waals surface area contributed by atoms with Gasteiger partial charge in [-0.2, -0.15) is 4.31 Å². The first-order valence-electron chi connectivity index (χ1n) is 6.04. The van der Waals surface area contributed by atoms with Crippen LogP contribution in [0.1, 0.15) is 6.92 Å². The van der Waals surface area contributed by atoms with Crippen LogP contribution in [0.15, 0.2) is 0 Å². The maximum absolute atomic E-state index is 11.8. The summed E-state index contributed by atoms with van der Waals surface area (Å²) in [5.74, 6) is -1.33. The van der Waals surface area contributed by atoms with Crippen LogP contribution in [0.4, 0.5) is 4.79 Å². The van der Waals surface area contributed by atoms with Crippen LogP contribution in [0.2, 0.25) is 0 Å². The number of hydrogen-bond donors (Lipinski definition) is 3. The molecule has 20 heavy (non-hydrogen) atoms. The van der Waals surface area contributed by atoms with Gasteiger partial charge >= 0.3 is 12.0 Å². The molecule has 2 amide bonds. The lowest BCUT2D eigenvalue weighted by Crippen LogP contribution is -2.57. The zero-order valence-electron chi connectivity index (χ0n) is 11.3. The number of carbonyl (C=O) groups excluding carboxylic acids is 1. The highest BCUT2D eigenvalue weighted by Crippen LogP contribution is 2.06. The van der Waals surface area contributed by atoms with Crippen molar-refractivity contribution in [2.24, 2.45) is 0 Å². The Morgan fingerprint density at radius 3 is 2.05 bits per heavy atom. The lowest BCUT2D eigenvalue weighted by molar-refractivity contribution is -0.141. The first-order valence-corrected chi connectivity index (χ1v) is 7.89. The molecule has 1 saturated heterocycles. The van der Waals surface area contributed by atoms with Crippen LogP contribution in [0, 0.1) is 0 Å². The molecule has 1 aliphatic rings. The number of aliphatic hydroxyl groups excluding tert-OH is 1. The van der Waals surface area contributed by atoms with Gasteiger partial charge in [0.15, 0.2) is 6.04 Å². The lowest BCUT2D eigenvalue weighted by atomic mass is 10.2. The minimum absolute atomic E-state index is 0.165. The van der Waals surface area contributed by atoms with E-state index < -0.39 is 34.2 Å². The molecule has 1 rings (SSSR count). The quantitative estimate of drug-likeness (QED) is 0.557. The molecule has 0 aliphatic carbocycles. The highest BCUT2D eigenvalue weighted by molar-refractivity contribution is 7.88. The van der Waals surface area contributed by atoms with Crippen molar-refractivity contribution in [1.29, 1.82) is 0 Å². The fourth-order valence-corrected chi connectivity index (χ4v) is 2.66. The van der Waals surface area contributed by atoms with Gasteiger partial charge in [-0.05, 0) is 6.92 Å². The second kappa shape index (κ2) is 6.37. The number of carbonyl (C=O) groups is 2. The molecule has 1 aliphatic heterocycles. The van der Waals surface area contributed by atoms with E-state index in [2.05, 4.69) is 5.32 Å². The minimum atomic E-state index is -3.28. The number of carboxylic acids is 1. The van der Waals surface area contributed by atoms with Crippen molar-refractivity contribution in [3.8, 4) is 0 Å². The van der Waals surface area contributed by atoms with Crippen LogP contribution in [0.5, 0.6) is 0 Å². The van der Waals surface area contributed by atoms with E-state index in [9.17, 15) is 23.1 Å². The highest BCUT2D eigenvalue weighted by Gasteiger charge is 2.30. The SMILES string of the molecule is CC(O)C(NC(=O)N1CCN(S(C)(=O)=O)CC1)C(=O)O. The van der Waals surface area contributed by atoms with Gasteiger partial charge < -0.3 is 20.4 Å². The Morgan fingerprint density at radius 2 is 1.70 bits per heavy atom. The van der Waals surface area contributed by atoms with Crippen LogP contribution in [0.25, 0.3) is 0 Å². The minimum Gasteiger partial charge on any atom is -0.480 e. The molecule has 0 aromatic carbocycles. The number of aliphatic hydroxyl groups is 1. The summed E-state index contributed by atoms with van der Waals surface area (Å²) >= 11 is 0. The molecular weight excluding hydrogens is 290 g/mol. The number of aliphatic carboxylic acids is 1. The molecule has 9 nitrogen and oxygen atoms in total. The lowest BCUT2D eigenvalue weighted by Gasteiger charge is -2.34. The third-order valence-electron chi connectivity index (χ3n) is 3.02. The van der Waals surface area contributed by atoms with Crippen molar-refractivity contribution < 1.29 is 28.2 Å². The molecule has 1 heterocycles. The van der Waals surface area contributed by atoms with Gasteiger partial charge in [-0.3, -0.25) is 0 Å². The summed E-state index contributed by atoms with van der Waals surface area (Å²) in [4.78, 5) is 24.0. The second-order valence-electron chi connectivity index (χ2n) is 4.66. The maximum Gasteiger partial charge on any atom is 0.328 e. The van der Waals surface area contributed by atoms with Crippen molar-refractivity contribution in [3.05, 3.63) is 0 Å². The monoisotopic (exact) mass is 309 g/mol. The predicted molar refractivity (Wildman–Crippen MR) is 69.6 cm³/mol. The van der Waals surface area contributed by atoms with E-state index in [1.165, 1.54) is 16.1 Å². The molecule has 0 radical (unpaired) electrons. The summed E-state index contributed by atoms with van der Waals surface area (Å²) in [6.45, 7) is 1.94. The first-order chi connectivity index (χ1) is 9.12. The normalized spacial score (nSPS) is 20.2. The van der Waals surface area contributed by atoms with Gasteiger partial charge in [-0.25, -0.2) is 18.0 Å². The molecular formula is C10H19N3O6S. The van der Waals surface area contributed by atoms with Gasteiger partial charge in [0.2, 0.25) is 10.0 Å². The van der Waals surface area contributed by atoms with Crippen LogP contribution in [-0.4, -0.2) is 84.4 Å². The van der Waals surface area contributed by atoms with Gasteiger partial charge in [-0.1, -0.05) is 0 Å². The standard InChI is InChI=1S/C10H19N3O6S/c1-7(14)8(9(15)16)11-10(17)12-3-5-13(6-4-12)20(2,18)19/h7-8,14H,3-6H2,1-2H3,(H,11,17)(H,15,16). The summed E-state index contributed by atoms with van der Waals surface area (Å²) in [6, 6.07) is -2.03. The van der Waals surface area contributed by atoms with Crippen LogP contribution >= 0.6 is 0 Å². The molecule has 3 N–H and O–H groups in total. The average molecular weight is 309 g/mol. The number of piperazine rings is 1. The fraction of sp³-hybridized carbons (Fsp3) is 0.800. The fourth-order valence-electron chi connectivity index (χ4n) is 1.84. The van der Waals surface area contributed by atoms with Crippen molar-refractivity contribution >= 4 is 22.0 Å². The van der Waals surface area contributed by atoms with Crippen molar-refractivity contribution in [3.63, 3.8) is 0 Å². The summed E-state index contributed by atoms with van der Waals surface area (Å²) in [6.07, 6.45) is -0.134. The van der Waals surface area contributed by atoms with Crippen molar-refractivity contribution in [1.82, 2.24) is 14.5 Å². The summed E-state index contributed by atoms with van der Waals surface area (Å²) in [5, 5.41) is 20.3. The zero-order chi connectivity index (χ0) is 15.5. The number of hydrogen-bond acceptors (Lipinski definition) is 5. The van der Waals surface area contributed by atoms with Gasteiger partial charge in [0, 0.05) is 26.2 Å². The van der Waals surface area contributed by atoms with E-state index in [1.807, 2.05) is 0 Å². The Bertz CT molecular complexity index is 469. The van der Waals surface area contributed by atoms with Crippen molar-refractivity contribution in [2.75, 3.05) is 32.4 Å². The Labute approximate surface area is 117 Å². The predicted octanol–water partition coefficient (Wildman–Crippen LogP) is -1.89. The Morgan fingerprint density at radius 1 is 1.20 bits per heavy atom. The van der Waals surface area contributed by atoms with Gasteiger partial charge in [0.05, 0.1) is 12.4 Å². The van der Waals surface area contributed by atoms with Gasteiger partial charge in [0.1, 0.15) is 0 Å². The second-order valence-corrected chi connectivity index (χ2v) is 6.64. The Kier molecular flexibility index (Phi) is 5.31. The third kappa shape index (κ3) is 4.32. The summed E-state index contributed by atoms with van der Waals surface area (Å²) in [7, 11) is -3.28. The first kappa shape index (κ1) is 16.7. The molecule has 0 saturated carbocycles. The van der Waals surface area contributed by atoms with Gasteiger partial charge in [0.25, 0.3) is 0 Å². The zero-order valence-corrected chi connectivity index (χ0v) is 12.1. The molecule has 1 fully saturated rings. The molecule has 10 heteroatoms. The number of rotatable bonds is 4. The Hall–Kier alpha value is -1.39. The highest BCUT2D eigenvalue weighted by atomic mass is 32.2. The summed E-state index contributed by atoms with van der Waals surface area (Å²) < 4.78 is 23.9. The molecule has 0 spiro atoms. The largest absolute Gasteiger partial charge is 0.480 e. The number of amides is 2. The van der Waals surface area contributed by atoms with Crippen LogP contribution in [0.3, 0.4) is 0 Å². The third-order valence-corrected chi connectivity index (χ3v) is 4.33. The van der Waals surface area contributed by atoms with Crippen LogP contribution < -0.4 is 5.32 Å². The number of nitrogens with one attached hydrogen (secondary N) is 1. The number of urea groups is 1. The molecule has 0 bridgehead atoms. The topological polar surface area (TPSA) is 127 Å². The molecule has 0 aromatic heterocycles. The number of sulfonamides is 1. The van der Waals surface area contributed by atoms with E-state index >= 15 is 0 Å². The summed E-state index contributed by atoms with van der Waals surface area (Å²) in [5.41, 5.74) is 0. The van der Waals surface area contributed by atoms with E-state index in [0.717, 1.165) is 6.26 Å². The average Bonchev–Trinajstić information content (AvgIpc) is 2.34. The van der Waals surface area contributed by atoms with Gasteiger partial charge in [-0.15, -0.1) is 0 Å².